The van der Waals surface area contributed by atoms with Crippen LogP contribution in [0.2, 0.25) is 0 Å². The normalized spacial score (nSPS) is 23.7. The molecule has 0 amide bonds. The van der Waals surface area contributed by atoms with Gasteiger partial charge < -0.3 is 15.4 Å². The fourth-order valence-corrected chi connectivity index (χ4v) is 2.56. The number of piperidine rings is 1. The number of methoxy groups -OCH3 is 1. The monoisotopic (exact) mass is 270 g/mol. The van der Waals surface area contributed by atoms with Gasteiger partial charge in [0, 0.05) is 32.3 Å². The first kappa shape index (κ1) is 14.2. The highest BCUT2D eigenvalue weighted by molar-refractivity contribution is 5.50. The minimum atomic E-state index is -0.843. The summed E-state index contributed by atoms with van der Waals surface area (Å²) in [5.74, 6) is -1.66. The molecule has 1 heterocycles. The van der Waals surface area contributed by atoms with Gasteiger partial charge in [0.25, 0.3) is 0 Å². The zero-order chi connectivity index (χ0) is 14.0. The van der Waals surface area contributed by atoms with Crippen LogP contribution >= 0.6 is 0 Å². The molecule has 5 heteroatoms. The topological polar surface area (TPSA) is 38.5 Å². The van der Waals surface area contributed by atoms with E-state index in [0.717, 1.165) is 12.8 Å². The molecular formula is C14H20F2N2O. The van der Waals surface area contributed by atoms with Crippen molar-refractivity contribution in [3.8, 4) is 0 Å². The molecule has 0 saturated carbocycles. The van der Waals surface area contributed by atoms with Crippen LogP contribution in [0, 0.1) is 11.6 Å². The van der Waals surface area contributed by atoms with E-state index in [1.165, 1.54) is 0 Å². The van der Waals surface area contributed by atoms with Gasteiger partial charge in [-0.25, -0.2) is 8.78 Å². The van der Waals surface area contributed by atoms with Crippen molar-refractivity contribution in [3.63, 3.8) is 0 Å². The van der Waals surface area contributed by atoms with Crippen molar-refractivity contribution in [2.45, 2.75) is 31.9 Å². The molecule has 0 radical (unpaired) electrons. The molecular weight excluding hydrogens is 250 g/mol. The molecule has 0 aromatic heterocycles. The van der Waals surface area contributed by atoms with E-state index in [2.05, 4.69) is 0 Å². The van der Waals surface area contributed by atoms with Gasteiger partial charge in [-0.3, -0.25) is 0 Å². The second kappa shape index (κ2) is 5.43. The lowest BCUT2D eigenvalue weighted by molar-refractivity contribution is -0.00479. The van der Waals surface area contributed by atoms with E-state index in [-0.39, 0.29) is 23.4 Å². The molecule has 19 heavy (non-hydrogen) atoms. The van der Waals surface area contributed by atoms with E-state index in [1.54, 1.807) is 19.2 Å². The molecule has 106 valence electrons. The summed E-state index contributed by atoms with van der Waals surface area (Å²) in [5.41, 5.74) is 5.55. The summed E-state index contributed by atoms with van der Waals surface area (Å²) in [6.07, 6.45) is 1.81. The van der Waals surface area contributed by atoms with Gasteiger partial charge in [-0.2, -0.15) is 0 Å². The molecule has 3 nitrogen and oxygen atoms in total. The van der Waals surface area contributed by atoms with E-state index in [9.17, 15) is 8.78 Å². The molecule has 2 rings (SSSR count). The first-order valence-electron chi connectivity index (χ1n) is 6.48. The van der Waals surface area contributed by atoms with Gasteiger partial charge in [-0.1, -0.05) is 6.07 Å². The summed E-state index contributed by atoms with van der Waals surface area (Å²) < 4.78 is 33.3. The van der Waals surface area contributed by atoms with Crippen molar-refractivity contribution in [2.24, 2.45) is 5.73 Å². The second-order valence-corrected chi connectivity index (χ2v) is 5.26. The summed E-state index contributed by atoms with van der Waals surface area (Å²) in [7, 11) is 1.65. The Morgan fingerprint density at radius 2 is 2.11 bits per heavy atom. The third kappa shape index (κ3) is 2.72. The Labute approximate surface area is 112 Å². The van der Waals surface area contributed by atoms with Crippen molar-refractivity contribution in [3.05, 3.63) is 29.3 Å². The van der Waals surface area contributed by atoms with Crippen LogP contribution in [0.5, 0.6) is 0 Å². The van der Waals surface area contributed by atoms with Gasteiger partial charge >= 0.3 is 0 Å². The van der Waals surface area contributed by atoms with Crippen LogP contribution in [-0.4, -0.2) is 25.8 Å². The molecule has 1 aromatic carbocycles. The molecule has 1 saturated heterocycles. The van der Waals surface area contributed by atoms with Gasteiger partial charge in [-0.15, -0.1) is 0 Å². The van der Waals surface area contributed by atoms with E-state index in [4.69, 9.17) is 10.5 Å². The summed E-state index contributed by atoms with van der Waals surface area (Å²) in [4.78, 5) is 1.84. The Hall–Kier alpha value is -1.20. The van der Waals surface area contributed by atoms with Crippen molar-refractivity contribution in [1.29, 1.82) is 0 Å². The number of nitrogens with two attached hydrogens (primary N) is 1. The van der Waals surface area contributed by atoms with Crippen LogP contribution in [0.15, 0.2) is 12.1 Å². The van der Waals surface area contributed by atoms with Crippen LogP contribution in [-0.2, 0) is 11.3 Å². The molecule has 0 spiro atoms. The Morgan fingerprint density at radius 3 is 2.74 bits per heavy atom. The number of nitrogens with zero attached hydrogens (tertiary/aromatic N) is 1. The quantitative estimate of drug-likeness (QED) is 0.916. The van der Waals surface area contributed by atoms with Crippen molar-refractivity contribution in [1.82, 2.24) is 0 Å². The predicted molar refractivity (Wildman–Crippen MR) is 71.1 cm³/mol. The average molecular weight is 270 g/mol. The Kier molecular flexibility index (Phi) is 4.06. The van der Waals surface area contributed by atoms with Crippen molar-refractivity contribution < 1.29 is 13.5 Å². The number of rotatable bonds is 3. The van der Waals surface area contributed by atoms with Gasteiger partial charge in [0.05, 0.1) is 11.3 Å². The zero-order valence-electron chi connectivity index (χ0n) is 11.4. The number of ether oxygens (including phenoxy) is 1. The fraction of sp³-hybridized carbons (Fsp3) is 0.571. The Bertz CT molecular complexity index is 467. The van der Waals surface area contributed by atoms with Crippen LogP contribution in [0.1, 0.15) is 25.3 Å². The first-order chi connectivity index (χ1) is 9.00. The molecule has 1 aliphatic heterocycles. The van der Waals surface area contributed by atoms with E-state index in [0.29, 0.717) is 13.1 Å². The van der Waals surface area contributed by atoms with Gasteiger partial charge in [-0.05, 0) is 25.8 Å². The lowest BCUT2D eigenvalue weighted by atomic mass is 9.94. The maximum absolute atomic E-state index is 14.1. The fourth-order valence-electron chi connectivity index (χ4n) is 2.56. The zero-order valence-corrected chi connectivity index (χ0v) is 11.4. The third-order valence-corrected chi connectivity index (χ3v) is 3.85. The molecule has 1 fully saturated rings. The standard InChI is InChI=1S/C14H20F2N2O/c1-14(19-2)6-3-7-18(9-14)11-5-4-10(8-17)12(15)13(11)16/h4-5H,3,6-9,17H2,1-2H3. The van der Waals surface area contributed by atoms with E-state index in [1.807, 2.05) is 11.8 Å². The molecule has 0 aliphatic carbocycles. The molecule has 1 aliphatic rings. The summed E-state index contributed by atoms with van der Waals surface area (Å²) in [6.45, 7) is 3.25. The summed E-state index contributed by atoms with van der Waals surface area (Å²) in [5, 5.41) is 0. The summed E-state index contributed by atoms with van der Waals surface area (Å²) in [6, 6.07) is 3.15. The third-order valence-electron chi connectivity index (χ3n) is 3.85. The van der Waals surface area contributed by atoms with Gasteiger partial charge in [0.1, 0.15) is 0 Å². The molecule has 1 unspecified atom stereocenters. The number of hydrogen-bond donors (Lipinski definition) is 1. The highest BCUT2D eigenvalue weighted by Crippen LogP contribution is 2.31. The number of anilines is 1. The Morgan fingerprint density at radius 1 is 1.37 bits per heavy atom. The SMILES string of the molecule is COC1(C)CCCN(c2ccc(CN)c(F)c2F)C1. The largest absolute Gasteiger partial charge is 0.377 e. The van der Waals surface area contributed by atoms with Crippen molar-refractivity contribution in [2.75, 3.05) is 25.1 Å². The Balaban J connectivity index is 2.29. The first-order valence-corrected chi connectivity index (χ1v) is 6.48. The van der Waals surface area contributed by atoms with Crippen LogP contribution in [0.4, 0.5) is 14.5 Å². The lowest BCUT2D eigenvalue weighted by Crippen LogP contribution is -2.47. The smallest absolute Gasteiger partial charge is 0.182 e. The highest BCUT2D eigenvalue weighted by atomic mass is 19.2. The van der Waals surface area contributed by atoms with Gasteiger partial charge in [0.2, 0.25) is 0 Å². The van der Waals surface area contributed by atoms with Crippen LogP contribution in [0.3, 0.4) is 0 Å². The number of benzene rings is 1. The maximum Gasteiger partial charge on any atom is 0.182 e. The van der Waals surface area contributed by atoms with E-state index < -0.39 is 11.6 Å². The van der Waals surface area contributed by atoms with E-state index >= 15 is 0 Å². The number of halogens is 2. The van der Waals surface area contributed by atoms with Gasteiger partial charge in [0.15, 0.2) is 11.6 Å². The molecule has 2 N–H and O–H groups in total. The average Bonchev–Trinajstić information content (AvgIpc) is 2.42. The highest BCUT2D eigenvalue weighted by Gasteiger charge is 2.32. The minimum Gasteiger partial charge on any atom is -0.377 e. The second-order valence-electron chi connectivity index (χ2n) is 5.26. The molecule has 1 aromatic rings. The summed E-state index contributed by atoms with van der Waals surface area (Å²) >= 11 is 0. The molecule has 0 bridgehead atoms. The molecule has 1 atom stereocenters. The van der Waals surface area contributed by atoms with Crippen LogP contribution < -0.4 is 10.6 Å². The van der Waals surface area contributed by atoms with Crippen LogP contribution in [0.25, 0.3) is 0 Å². The lowest BCUT2D eigenvalue weighted by Gasteiger charge is -2.40. The van der Waals surface area contributed by atoms with Crippen molar-refractivity contribution >= 4 is 5.69 Å². The maximum atomic E-state index is 14.1. The minimum absolute atomic E-state index is 0.00117. The number of hydrogen-bond acceptors (Lipinski definition) is 3. The predicted octanol–water partition coefficient (Wildman–Crippen LogP) is 2.43.